The van der Waals surface area contributed by atoms with Gasteiger partial charge in [0.15, 0.2) is 0 Å². The summed E-state index contributed by atoms with van der Waals surface area (Å²) in [6.45, 7) is 0.227. The molecule has 1 aliphatic rings. The van der Waals surface area contributed by atoms with Crippen LogP contribution in [0.4, 0.5) is 0 Å². The Bertz CT molecular complexity index is 304. The average Bonchev–Trinajstić information content (AvgIpc) is 2.31. The van der Waals surface area contributed by atoms with Crippen molar-refractivity contribution in [2.45, 2.75) is 31.2 Å². The minimum atomic E-state index is 0. The Morgan fingerprint density at radius 3 is 2.50 bits per heavy atom. The van der Waals surface area contributed by atoms with Crippen molar-refractivity contribution in [3.63, 3.8) is 0 Å². The fourth-order valence-corrected chi connectivity index (χ4v) is 2.53. The van der Waals surface area contributed by atoms with Gasteiger partial charge in [0.05, 0.1) is 0 Å². The molecule has 3 heteroatoms. The first-order chi connectivity index (χ1) is 7.31. The lowest BCUT2D eigenvalue weighted by molar-refractivity contribution is 0.160. The van der Waals surface area contributed by atoms with Crippen LogP contribution in [0.15, 0.2) is 30.3 Å². The normalized spacial score (nSPS) is 29.5. The van der Waals surface area contributed by atoms with E-state index in [0.29, 0.717) is 5.92 Å². The Labute approximate surface area is 103 Å². The van der Waals surface area contributed by atoms with E-state index in [1.54, 1.807) is 0 Å². The molecule has 1 aromatic carbocycles. The molecule has 0 unspecified atom stereocenters. The summed E-state index contributed by atoms with van der Waals surface area (Å²) in [6.07, 6.45) is 3.22. The Morgan fingerprint density at radius 2 is 1.88 bits per heavy atom. The third-order valence-corrected chi connectivity index (χ3v) is 3.55. The molecule has 3 atom stereocenters. The van der Waals surface area contributed by atoms with Crippen molar-refractivity contribution in [1.82, 2.24) is 0 Å². The van der Waals surface area contributed by atoms with E-state index < -0.39 is 0 Å². The molecule has 0 radical (unpaired) electrons. The van der Waals surface area contributed by atoms with Crippen LogP contribution in [0.3, 0.4) is 0 Å². The Hall–Kier alpha value is -0.570. The standard InChI is InChI=1S/C13H19NO.ClH/c14-13-7-6-11(8-12(13)9-15)10-4-2-1-3-5-10;/h1-5,11-13,15H,6-9,14H2;1H/t11-,12-,13-;/m1./s1. The van der Waals surface area contributed by atoms with E-state index in [0.717, 1.165) is 19.3 Å². The Kier molecular flexibility index (Phi) is 5.26. The van der Waals surface area contributed by atoms with E-state index in [1.165, 1.54) is 5.56 Å². The quantitative estimate of drug-likeness (QED) is 0.835. The maximum Gasteiger partial charge on any atom is 0.0474 e. The van der Waals surface area contributed by atoms with Gasteiger partial charge in [0.2, 0.25) is 0 Å². The van der Waals surface area contributed by atoms with Crippen molar-refractivity contribution in [3.8, 4) is 0 Å². The lowest BCUT2D eigenvalue weighted by atomic mass is 9.76. The van der Waals surface area contributed by atoms with Gasteiger partial charge in [-0.25, -0.2) is 0 Å². The monoisotopic (exact) mass is 241 g/mol. The number of hydrogen-bond donors (Lipinski definition) is 2. The number of halogens is 1. The van der Waals surface area contributed by atoms with Crippen LogP contribution in [0.1, 0.15) is 30.7 Å². The van der Waals surface area contributed by atoms with Gasteiger partial charge in [0.1, 0.15) is 0 Å². The van der Waals surface area contributed by atoms with Gasteiger partial charge in [0, 0.05) is 12.6 Å². The van der Waals surface area contributed by atoms with Gasteiger partial charge in [0.25, 0.3) is 0 Å². The van der Waals surface area contributed by atoms with E-state index >= 15 is 0 Å². The van der Waals surface area contributed by atoms with Crippen LogP contribution in [-0.2, 0) is 0 Å². The maximum atomic E-state index is 9.25. The summed E-state index contributed by atoms with van der Waals surface area (Å²) in [5, 5.41) is 9.25. The van der Waals surface area contributed by atoms with Crippen molar-refractivity contribution in [2.24, 2.45) is 11.7 Å². The van der Waals surface area contributed by atoms with Crippen LogP contribution in [0, 0.1) is 5.92 Å². The molecule has 2 rings (SSSR count). The van der Waals surface area contributed by atoms with E-state index in [9.17, 15) is 5.11 Å². The van der Waals surface area contributed by atoms with Gasteiger partial charge in [-0.2, -0.15) is 0 Å². The van der Waals surface area contributed by atoms with Crippen LogP contribution in [0.5, 0.6) is 0 Å². The molecule has 1 aromatic rings. The maximum absolute atomic E-state index is 9.25. The van der Waals surface area contributed by atoms with Crippen LogP contribution in [-0.4, -0.2) is 17.8 Å². The molecule has 1 aliphatic carbocycles. The minimum absolute atomic E-state index is 0. The number of aliphatic hydroxyl groups is 1. The first-order valence-corrected chi connectivity index (χ1v) is 5.72. The van der Waals surface area contributed by atoms with Crippen LogP contribution < -0.4 is 5.73 Å². The summed E-state index contributed by atoms with van der Waals surface area (Å²) in [5.74, 6) is 0.868. The van der Waals surface area contributed by atoms with Gasteiger partial charge in [-0.15, -0.1) is 12.4 Å². The van der Waals surface area contributed by atoms with E-state index in [1.807, 2.05) is 6.07 Å². The number of rotatable bonds is 2. The van der Waals surface area contributed by atoms with Crippen molar-refractivity contribution < 1.29 is 5.11 Å². The second kappa shape index (κ2) is 6.24. The topological polar surface area (TPSA) is 46.2 Å². The lowest BCUT2D eigenvalue weighted by Gasteiger charge is -2.33. The molecule has 0 heterocycles. The minimum Gasteiger partial charge on any atom is -0.396 e. The fourth-order valence-electron chi connectivity index (χ4n) is 2.53. The summed E-state index contributed by atoms with van der Waals surface area (Å²) < 4.78 is 0. The molecular formula is C13H20ClNO. The molecule has 0 aromatic heterocycles. The van der Waals surface area contributed by atoms with Gasteiger partial charge in [-0.1, -0.05) is 30.3 Å². The van der Waals surface area contributed by atoms with Gasteiger partial charge in [-0.3, -0.25) is 0 Å². The number of benzene rings is 1. The fraction of sp³-hybridized carbons (Fsp3) is 0.538. The van der Waals surface area contributed by atoms with Crippen molar-refractivity contribution in [3.05, 3.63) is 35.9 Å². The number of hydrogen-bond acceptors (Lipinski definition) is 2. The zero-order chi connectivity index (χ0) is 10.7. The average molecular weight is 242 g/mol. The Morgan fingerprint density at radius 1 is 1.19 bits per heavy atom. The highest BCUT2D eigenvalue weighted by molar-refractivity contribution is 5.85. The summed E-state index contributed by atoms with van der Waals surface area (Å²) in [7, 11) is 0. The van der Waals surface area contributed by atoms with E-state index in [2.05, 4.69) is 24.3 Å². The zero-order valence-electron chi connectivity index (χ0n) is 9.38. The van der Waals surface area contributed by atoms with Crippen LogP contribution in [0.25, 0.3) is 0 Å². The molecule has 3 N–H and O–H groups in total. The van der Waals surface area contributed by atoms with Gasteiger partial charge < -0.3 is 10.8 Å². The molecule has 0 spiro atoms. The predicted octanol–water partition coefficient (Wildman–Crippen LogP) is 2.31. The summed E-state index contributed by atoms with van der Waals surface area (Å²) >= 11 is 0. The Balaban J connectivity index is 0.00000128. The highest BCUT2D eigenvalue weighted by Crippen LogP contribution is 2.35. The number of nitrogens with two attached hydrogens (primary N) is 1. The molecule has 16 heavy (non-hydrogen) atoms. The molecule has 1 fully saturated rings. The molecule has 0 bridgehead atoms. The molecule has 1 saturated carbocycles. The number of aliphatic hydroxyl groups excluding tert-OH is 1. The second-order valence-corrected chi connectivity index (χ2v) is 4.53. The summed E-state index contributed by atoms with van der Waals surface area (Å²) in [4.78, 5) is 0. The van der Waals surface area contributed by atoms with Crippen LogP contribution in [0.2, 0.25) is 0 Å². The first-order valence-electron chi connectivity index (χ1n) is 5.72. The SMILES string of the molecule is Cl.N[C@@H]1CC[C@@H](c2ccccc2)C[C@@H]1CO. The largest absolute Gasteiger partial charge is 0.396 e. The predicted molar refractivity (Wildman–Crippen MR) is 68.8 cm³/mol. The summed E-state index contributed by atoms with van der Waals surface area (Å²) in [6, 6.07) is 10.7. The van der Waals surface area contributed by atoms with E-state index in [-0.39, 0.29) is 31.0 Å². The molecule has 90 valence electrons. The van der Waals surface area contributed by atoms with Crippen molar-refractivity contribution in [1.29, 1.82) is 0 Å². The van der Waals surface area contributed by atoms with E-state index in [4.69, 9.17) is 5.73 Å². The van der Waals surface area contributed by atoms with Crippen LogP contribution >= 0.6 is 12.4 Å². The lowest BCUT2D eigenvalue weighted by Crippen LogP contribution is -2.37. The molecule has 0 amide bonds. The highest BCUT2D eigenvalue weighted by Gasteiger charge is 2.28. The van der Waals surface area contributed by atoms with Crippen molar-refractivity contribution in [2.75, 3.05) is 6.61 Å². The summed E-state index contributed by atoms with van der Waals surface area (Å²) in [5.41, 5.74) is 7.36. The molecule has 2 nitrogen and oxygen atoms in total. The van der Waals surface area contributed by atoms with Gasteiger partial charge >= 0.3 is 0 Å². The van der Waals surface area contributed by atoms with Gasteiger partial charge in [-0.05, 0) is 36.7 Å². The third kappa shape index (κ3) is 2.97. The zero-order valence-corrected chi connectivity index (χ0v) is 10.2. The molecule has 0 saturated heterocycles. The highest BCUT2D eigenvalue weighted by atomic mass is 35.5. The first kappa shape index (κ1) is 13.5. The second-order valence-electron chi connectivity index (χ2n) is 4.53. The van der Waals surface area contributed by atoms with Crippen molar-refractivity contribution >= 4 is 12.4 Å². The smallest absolute Gasteiger partial charge is 0.0474 e. The molecular weight excluding hydrogens is 222 g/mol. The molecule has 0 aliphatic heterocycles. The third-order valence-electron chi connectivity index (χ3n) is 3.55.